The summed E-state index contributed by atoms with van der Waals surface area (Å²) in [5.74, 6) is 1.75. The second-order valence-electron chi connectivity index (χ2n) is 4.89. The molecule has 0 spiro atoms. The lowest BCUT2D eigenvalue weighted by molar-refractivity contribution is 0.280. The highest BCUT2D eigenvalue weighted by Crippen LogP contribution is 2.32. The molecule has 0 fully saturated rings. The first kappa shape index (κ1) is 16.1. The molecule has 2 aromatic rings. The molecular weight excluding hydrogens is 337 g/mol. The van der Waals surface area contributed by atoms with Crippen molar-refractivity contribution in [2.24, 2.45) is 4.99 Å². The van der Waals surface area contributed by atoms with Crippen LogP contribution in [0.5, 0.6) is 11.5 Å². The van der Waals surface area contributed by atoms with Gasteiger partial charge < -0.3 is 9.47 Å². The summed E-state index contributed by atoms with van der Waals surface area (Å²) in [6.07, 6.45) is 0. The number of aliphatic imine (C=N–C) groups is 1. The van der Waals surface area contributed by atoms with Gasteiger partial charge in [-0.15, -0.1) is 11.8 Å². The lowest BCUT2D eigenvalue weighted by Crippen LogP contribution is -2.02. The number of methoxy groups -OCH3 is 1. The van der Waals surface area contributed by atoms with Gasteiger partial charge in [-0.2, -0.15) is 0 Å². The van der Waals surface area contributed by atoms with Gasteiger partial charge in [0.05, 0.1) is 17.2 Å². The van der Waals surface area contributed by atoms with Crippen molar-refractivity contribution in [3.8, 4) is 11.5 Å². The summed E-state index contributed by atoms with van der Waals surface area (Å²) in [4.78, 5) is 4.44. The van der Waals surface area contributed by atoms with Crippen LogP contribution in [0.3, 0.4) is 0 Å². The van der Waals surface area contributed by atoms with Crippen molar-refractivity contribution in [3.05, 3.63) is 58.4 Å². The molecule has 3 nitrogen and oxygen atoms in total. The van der Waals surface area contributed by atoms with E-state index in [9.17, 15) is 4.39 Å². The molecule has 1 aliphatic heterocycles. The fourth-order valence-corrected chi connectivity index (χ4v) is 3.32. The Hall–Kier alpha value is -1.72. The number of thioether (sulfide) groups is 1. The zero-order chi connectivity index (χ0) is 16.2. The van der Waals surface area contributed by atoms with Crippen LogP contribution >= 0.6 is 23.4 Å². The first-order chi connectivity index (χ1) is 11.2. The molecule has 23 heavy (non-hydrogen) atoms. The summed E-state index contributed by atoms with van der Waals surface area (Å²) in [6.45, 7) is 0.878. The Morgan fingerprint density at radius 3 is 2.83 bits per heavy atom. The van der Waals surface area contributed by atoms with Crippen LogP contribution in [0.15, 0.2) is 41.4 Å². The van der Waals surface area contributed by atoms with Crippen LogP contribution in [0.1, 0.15) is 11.1 Å². The Morgan fingerprint density at radius 2 is 2.13 bits per heavy atom. The summed E-state index contributed by atoms with van der Waals surface area (Å²) in [7, 11) is 1.58. The third-order valence-electron chi connectivity index (χ3n) is 3.43. The van der Waals surface area contributed by atoms with E-state index in [0.717, 1.165) is 22.9 Å². The van der Waals surface area contributed by atoms with Crippen molar-refractivity contribution in [2.45, 2.75) is 6.61 Å². The topological polar surface area (TPSA) is 30.8 Å². The quantitative estimate of drug-likeness (QED) is 0.791. The van der Waals surface area contributed by atoms with E-state index in [0.29, 0.717) is 22.1 Å². The van der Waals surface area contributed by atoms with Gasteiger partial charge in [-0.3, -0.25) is 4.99 Å². The molecule has 0 saturated heterocycles. The molecule has 0 aromatic heterocycles. The fraction of sp³-hybridized carbons (Fsp3) is 0.235. The largest absolute Gasteiger partial charge is 0.493 e. The van der Waals surface area contributed by atoms with E-state index in [1.54, 1.807) is 31.0 Å². The molecule has 1 heterocycles. The first-order valence-corrected chi connectivity index (χ1v) is 8.46. The van der Waals surface area contributed by atoms with Crippen LogP contribution in [0.25, 0.3) is 0 Å². The SMILES string of the molecule is COc1cc(C2=NCCS2)ccc1OCc1c(F)cccc1Cl. The van der Waals surface area contributed by atoms with E-state index in [2.05, 4.69) is 4.99 Å². The average molecular weight is 352 g/mol. The van der Waals surface area contributed by atoms with E-state index in [1.807, 2.05) is 18.2 Å². The maximum Gasteiger partial charge on any atom is 0.161 e. The molecule has 0 atom stereocenters. The molecule has 1 aliphatic rings. The van der Waals surface area contributed by atoms with Crippen LogP contribution in [-0.2, 0) is 6.61 Å². The van der Waals surface area contributed by atoms with Crippen LogP contribution < -0.4 is 9.47 Å². The molecular formula is C17H15ClFNO2S. The van der Waals surface area contributed by atoms with Crippen LogP contribution in [0.4, 0.5) is 4.39 Å². The standard InChI is InChI=1S/C17H15ClFNO2S/c1-21-16-9-11(17-20-7-8-23-17)5-6-15(16)22-10-12-13(18)3-2-4-14(12)19/h2-6,9H,7-8,10H2,1H3. The maximum atomic E-state index is 13.8. The summed E-state index contributed by atoms with van der Waals surface area (Å²) in [6, 6.07) is 10.2. The van der Waals surface area contributed by atoms with Crippen molar-refractivity contribution < 1.29 is 13.9 Å². The Balaban J connectivity index is 1.80. The van der Waals surface area contributed by atoms with Crippen molar-refractivity contribution in [2.75, 3.05) is 19.4 Å². The Kier molecular flexibility index (Phi) is 5.08. The second kappa shape index (κ2) is 7.23. The normalized spacial score (nSPS) is 13.8. The van der Waals surface area contributed by atoms with Crippen LogP contribution in [0.2, 0.25) is 5.02 Å². The maximum absolute atomic E-state index is 13.8. The highest BCUT2D eigenvalue weighted by molar-refractivity contribution is 8.14. The first-order valence-electron chi connectivity index (χ1n) is 7.10. The Bertz CT molecular complexity index is 731. The molecule has 2 aromatic carbocycles. The lowest BCUT2D eigenvalue weighted by Gasteiger charge is -2.13. The van der Waals surface area contributed by atoms with Gasteiger partial charge in [-0.25, -0.2) is 4.39 Å². The van der Waals surface area contributed by atoms with Crippen molar-refractivity contribution in [1.82, 2.24) is 0 Å². The summed E-state index contributed by atoms with van der Waals surface area (Å²) >= 11 is 7.73. The van der Waals surface area contributed by atoms with Crippen molar-refractivity contribution in [3.63, 3.8) is 0 Å². The number of benzene rings is 2. The predicted octanol–water partition coefficient (Wildman–Crippen LogP) is 4.56. The highest BCUT2D eigenvalue weighted by atomic mass is 35.5. The molecule has 0 unspecified atom stereocenters. The minimum absolute atomic E-state index is 0.0386. The van der Waals surface area contributed by atoms with E-state index >= 15 is 0 Å². The molecule has 6 heteroatoms. The summed E-state index contributed by atoms with van der Waals surface area (Å²) in [5.41, 5.74) is 1.33. The third kappa shape index (κ3) is 3.62. The van der Waals surface area contributed by atoms with Gasteiger partial charge in [-0.1, -0.05) is 17.7 Å². The number of hydrogen-bond acceptors (Lipinski definition) is 4. The number of rotatable bonds is 5. The average Bonchev–Trinajstić information content (AvgIpc) is 3.09. The van der Waals surface area contributed by atoms with Crippen LogP contribution in [0, 0.1) is 5.82 Å². The minimum atomic E-state index is -0.384. The van der Waals surface area contributed by atoms with Crippen LogP contribution in [-0.4, -0.2) is 24.5 Å². The number of halogens is 2. The Labute approximate surface area is 143 Å². The molecule has 0 N–H and O–H groups in total. The molecule has 0 radical (unpaired) electrons. The Morgan fingerprint density at radius 1 is 1.26 bits per heavy atom. The van der Waals surface area contributed by atoms with E-state index in [1.165, 1.54) is 6.07 Å². The van der Waals surface area contributed by atoms with E-state index < -0.39 is 0 Å². The summed E-state index contributed by atoms with van der Waals surface area (Å²) in [5, 5.41) is 1.35. The van der Waals surface area contributed by atoms with Gasteiger partial charge in [0.2, 0.25) is 0 Å². The lowest BCUT2D eigenvalue weighted by atomic mass is 10.2. The fourth-order valence-electron chi connectivity index (χ4n) is 2.25. The van der Waals surface area contributed by atoms with Crippen molar-refractivity contribution >= 4 is 28.4 Å². The minimum Gasteiger partial charge on any atom is -0.493 e. The zero-order valence-electron chi connectivity index (χ0n) is 12.5. The molecule has 3 rings (SSSR count). The third-order valence-corrected chi connectivity index (χ3v) is 4.81. The number of ether oxygens (including phenoxy) is 2. The number of hydrogen-bond donors (Lipinski definition) is 0. The monoisotopic (exact) mass is 351 g/mol. The number of nitrogens with zero attached hydrogens (tertiary/aromatic N) is 1. The van der Waals surface area contributed by atoms with Gasteiger partial charge in [0.1, 0.15) is 12.4 Å². The molecule has 0 bridgehead atoms. The highest BCUT2D eigenvalue weighted by Gasteiger charge is 2.14. The van der Waals surface area contributed by atoms with Crippen molar-refractivity contribution in [1.29, 1.82) is 0 Å². The van der Waals surface area contributed by atoms with Gasteiger partial charge in [0, 0.05) is 23.4 Å². The molecule has 0 amide bonds. The predicted molar refractivity (Wildman–Crippen MR) is 92.6 cm³/mol. The molecule has 120 valence electrons. The van der Waals surface area contributed by atoms with Gasteiger partial charge >= 0.3 is 0 Å². The van der Waals surface area contributed by atoms with Gasteiger partial charge in [0.25, 0.3) is 0 Å². The van der Waals surface area contributed by atoms with Gasteiger partial charge in [-0.05, 0) is 30.3 Å². The van der Waals surface area contributed by atoms with E-state index in [4.69, 9.17) is 21.1 Å². The van der Waals surface area contributed by atoms with Gasteiger partial charge in [0.15, 0.2) is 11.5 Å². The molecule has 0 saturated carbocycles. The van der Waals surface area contributed by atoms with E-state index in [-0.39, 0.29) is 12.4 Å². The second-order valence-corrected chi connectivity index (χ2v) is 6.38. The smallest absolute Gasteiger partial charge is 0.161 e. The zero-order valence-corrected chi connectivity index (χ0v) is 14.1. The molecule has 0 aliphatic carbocycles. The summed E-state index contributed by atoms with van der Waals surface area (Å²) < 4.78 is 24.9.